The lowest BCUT2D eigenvalue weighted by Gasteiger charge is -2.17. The van der Waals surface area contributed by atoms with E-state index < -0.39 is 22.8 Å². The van der Waals surface area contributed by atoms with E-state index in [4.69, 9.17) is 0 Å². The molecule has 2 atom stereocenters. The summed E-state index contributed by atoms with van der Waals surface area (Å²) >= 11 is 0. The van der Waals surface area contributed by atoms with Crippen molar-refractivity contribution in [3.05, 3.63) is 18.3 Å². The van der Waals surface area contributed by atoms with Crippen molar-refractivity contribution < 1.29 is 26.3 Å². The Morgan fingerprint density at radius 1 is 1.25 bits per heavy atom. The van der Waals surface area contributed by atoms with E-state index in [1.54, 1.807) is 0 Å². The predicted molar refractivity (Wildman–Crippen MR) is 81.6 cm³/mol. The van der Waals surface area contributed by atoms with Crippen molar-refractivity contribution >= 4 is 22.4 Å². The van der Waals surface area contributed by atoms with Crippen molar-refractivity contribution in [1.82, 2.24) is 14.6 Å². The zero-order valence-corrected chi connectivity index (χ0v) is 14.1. The van der Waals surface area contributed by atoms with Gasteiger partial charge in [0.15, 0.2) is 6.61 Å². The topological polar surface area (TPSA) is 71.5 Å². The molecule has 2 saturated heterocycles. The van der Waals surface area contributed by atoms with Crippen LogP contribution >= 0.6 is 12.4 Å². The Morgan fingerprint density at radius 2 is 1.88 bits per heavy atom. The van der Waals surface area contributed by atoms with Gasteiger partial charge in [0.2, 0.25) is 15.9 Å². The zero-order chi connectivity index (χ0) is 16.7. The first-order valence-corrected chi connectivity index (χ1v) is 8.56. The van der Waals surface area contributed by atoms with Crippen LogP contribution in [0.15, 0.2) is 23.2 Å². The van der Waals surface area contributed by atoms with Gasteiger partial charge in [-0.1, -0.05) is 0 Å². The summed E-state index contributed by atoms with van der Waals surface area (Å²) in [7, 11) is -3.68. The Labute approximate surface area is 143 Å². The molecular weight excluding hydrogens is 371 g/mol. The molecule has 0 aliphatic carbocycles. The largest absolute Gasteiger partial charge is 0.468 e. The molecular formula is C13H17ClF3N3O3S. The minimum absolute atomic E-state index is 0. The summed E-state index contributed by atoms with van der Waals surface area (Å²) in [4.78, 5) is 3.61. The lowest BCUT2D eigenvalue weighted by molar-refractivity contribution is -0.154. The van der Waals surface area contributed by atoms with E-state index in [9.17, 15) is 21.6 Å². The second-order valence-electron chi connectivity index (χ2n) is 5.74. The molecule has 136 valence electrons. The highest BCUT2D eigenvalue weighted by Crippen LogP contribution is 2.30. The number of ether oxygens (including phenoxy) is 1. The molecule has 2 fully saturated rings. The molecule has 3 heterocycles. The van der Waals surface area contributed by atoms with E-state index in [2.05, 4.69) is 15.0 Å². The minimum Gasteiger partial charge on any atom is -0.468 e. The highest BCUT2D eigenvalue weighted by Gasteiger charge is 2.41. The summed E-state index contributed by atoms with van der Waals surface area (Å²) in [5, 5.41) is 3.23. The molecule has 3 rings (SSSR count). The number of alkyl halides is 3. The molecule has 2 aliphatic rings. The first-order valence-electron chi connectivity index (χ1n) is 7.12. The molecule has 6 nitrogen and oxygen atoms in total. The monoisotopic (exact) mass is 387 g/mol. The first kappa shape index (κ1) is 19.2. The Bertz CT molecular complexity index is 657. The summed E-state index contributed by atoms with van der Waals surface area (Å²) in [6.07, 6.45) is -3.43. The van der Waals surface area contributed by atoms with Gasteiger partial charge in [0.1, 0.15) is 4.90 Å². The summed E-state index contributed by atoms with van der Waals surface area (Å²) in [6.45, 7) is 1.05. The van der Waals surface area contributed by atoms with Crippen molar-refractivity contribution in [2.45, 2.75) is 11.1 Å². The van der Waals surface area contributed by atoms with Crippen LogP contribution < -0.4 is 10.1 Å². The fourth-order valence-electron chi connectivity index (χ4n) is 2.92. The Hall–Kier alpha value is -1.10. The molecule has 2 aliphatic heterocycles. The van der Waals surface area contributed by atoms with Gasteiger partial charge in [-0.05, 0) is 31.0 Å². The van der Waals surface area contributed by atoms with Crippen molar-refractivity contribution in [1.29, 1.82) is 0 Å². The second-order valence-corrected chi connectivity index (χ2v) is 7.67. The van der Waals surface area contributed by atoms with Gasteiger partial charge >= 0.3 is 6.18 Å². The quantitative estimate of drug-likeness (QED) is 0.842. The molecule has 1 N–H and O–H groups in total. The third kappa shape index (κ3) is 4.11. The van der Waals surface area contributed by atoms with Gasteiger partial charge in [-0.2, -0.15) is 17.5 Å². The lowest BCUT2D eigenvalue weighted by atomic mass is 10.0. The van der Waals surface area contributed by atoms with E-state index >= 15 is 0 Å². The molecule has 0 aromatic carbocycles. The van der Waals surface area contributed by atoms with Crippen LogP contribution in [0.4, 0.5) is 13.2 Å². The van der Waals surface area contributed by atoms with Crippen LogP contribution in [-0.4, -0.2) is 56.7 Å². The van der Waals surface area contributed by atoms with Gasteiger partial charge in [-0.3, -0.25) is 0 Å². The number of fused-ring (bicyclic) bond motifs is 1. The number of aromatic nitrogens is 1. The maximum absolute atomic E-state index is 12.5. The molecule has 1 aromatic rings. The van der Waals surface area contributed by atoms with Crippen LogP contribution in [-0.2, 0) is 10.0 Å². The molecule has 0 saturated carbocycles. The number of nitrogens with one attached hydrogen (secondary N) is 1. The predicted octanol–water partition coefficient (Wildman–Crippen LogP) is 1.28. The van der Waals surface area contributed by atoms with Crippen LogP contribution in [0, 0.1) is 11.8 Å². The maximum Gasteiger partial charge on any atom is 0.422 e. The Balaban J connectivity index is 0.00000208. The minimum atomic E-state index is -4.46. The van der Waals surface area contributed by atoms with E-state index in [1.165, 1.54) is 10.4 Å². The van der Waals surface area contributed by atoms with Gasteiger partial charge in [-0.15, -0.1) is 12.4 Å². The van der Waals surface area contributed by atoms with Gasteiger partial charge in [0, 0.05) is 19.2 Å². The first-order chi connectivity index (χ1) is 10.8. The van der Waals surface area contributed by atoms with Crippen LogP contribution in [0.2, 0.25) is 0 Å². The number of hydrogen-bond acceptors (Lipinski definition) is 5. The Kier molecular flexibility index (Phi) is 5.63. The van der Waals surface area contributed by atoms with E-state index in [0.29, 0.717) is 24.9 Å². The number of pyridine rings is 1. The highest BCUT2D eigenvalue weighted by atomic mass is 35.5. The molecule has 0 bridgehead atoms. The second kappa shape index (κ2) is 7.03. The Morgan fingerprint density at radius 3 is 2.38 bits per heavy atom. The third-order valence-corrected chi connectivity index (χ3v) is 5.90. The molecule has 0 amide bonds. The number of halogens is 4. The summed E-state index contributed by atoms with van der Waals surface area (Å²) in [6, 6.07) is 2.36. The molecule has 0 spiro atoms. The fraction of sp³-hybridized carbons (Fsp3) is 0.615. The number of rotatable bonds is 4. The summed E-state index contributed by atoms with van der Waals surface area (Å²) in [5.74, 6) is 0.364. The normalized spacial score (nSPS) is 24.5. The van der Waals surface area contributed by atoms with Gasteiger partial charge in [0.05, 0.1) is 6.20 Å². The van der Waals surface area contributed by atoms with Crippen molar-refractivity contribution in [3.8, 4) is 5.88 Å². The van der Waals surface area contributed by atoms with Gasteiger partial charge < -0.3 is 10.1 Å². The van der Waals surface area contributed by atoms with Crippen LogP contribution in [0.1, 0.15) is 0 Å². The third-order valence-electron chi connectivity index (χ3n) is 4.09. The smallest absolute Gasteiger partial charge is 0.422 e. The molecule has 0 radical (unpaired) electrons. The fourth-order valence-corrected chi connectivity index (χ4v) is 4.42. The van der Waals surface area contributed by atoms with Crippen molar-refractivity contribution in [3.63, 3.8) is 0 Å². The van der Waals surface area contributed by atoms with E-state index in [1.807, 2.05) is 0 Å². The molecule has 24 heavy (non-hydrogen) atoms. The maximum atomic E-state index is 12.5. The van der Waals surface area contributed by atoms with Crippen LogP contribution in [0.5, 0.6) is 5.88 Å². The number of nitrogens with zero attached hydrogens (tertiary/aromatic N) is 2. The number of sulfonamides is 1. The highest BCUT2D eigenvalue weighted by molar-refractivity contribution is 7.89. The zero-order valence-electron chi connectivity index (χ0n) is 12.5. The number of hydrogen-bond donors (Lipinski definition) is 1. The summed E-state index contributed by atoms with van der Waals surface area (Å²) < 4.78 is 67.2. The van der Waals surface area contributed by atoms with Crippen LogP contribution in [0.25, 0.3) is 0 Å². The van der Waals surface area contributed by atoms with Crippen LogP contribution in [0.3, 0.4) is 0 Å². The molecule has 0 unspecified atom stereocenters. The van der Waals surface area contributed by atoms with E-state index in [-0.39, 0.29) is 23.2 Å². The molecule has 1 aromatic heterocycles. The SMILES string of the molecule is Cl.O=S(=O)(c1ccc(OCC(F)(F)F)nc1)N1C[C@H]2CNC[C@H]2C1. The molecule has 11 heteroatoms. The van der Waals surface area contributed by atoms with Gasteiger partial charge in [-0.25, -0.2) is 13.4 Å². The van der Waals surface area contributed by atoms with Crippen molar-refractivity contribution in [2.75, 3.05) is 32.8 Å². The standard InChI is InChI=1S/C13H16F3N3O3S.ClH/c14-13(15,16)8-22-12-2-1-11(5-18-12)23(20,21)19-6-9-3-17-4-10(9)7-19;/h1-2,5,9-10,17H,3-4,6-8H2;1H/t9-,10+;. The van der Waals surface area contributed by atoms with Gasteiger partial charge in [0.25, 0.3) is 0 Å². The lowest BCUT2D eigenvalue weighted by Crippen LogP contribution is -2.32. The average molecular weight is 388 g/mol. The van der Waals surface area contributed by atoms with Crippen molar-refractivity contribution in [2.24, 2.45) is 11.8 Å². The average Bonchev–Trinajstić information content (AvgIpc) is 3.06. The summed E-state index contributed by atoms with van der Waals surface area (Å²) in [5.41, 5.74) is 0. The van der Waals surface area contributed by atoms with E-state index in [0.717, 1.165) is 25.4 Å².